The van der Waals surface area contributed by atoms with Crippen molar-refractivity contribution in [2.24, 2.45) is 11.8 Å². The van der Waals surface area contributed by atoms with Gasteiger partial charge in [-0.25, -0.2) is 9.18 Å². The number of piperidine rings is 1. The quantitative estimate of drug-likeness (QED) is 0.312. The second-order valence-corrected chi connectivity index (χ2v) is 11.4. The van der Waals surface area contributed by atoms with E-state index in [9.17, 15) is 14.3 Å². The molecular weight excluding hydrogens is 485 g/mol. The first kappa shape index (κ1) is 28.8. The van der Waals surface area contributed by atoms with E-state index >= 15 is 0 Å². The molecule has 8 heteroatoms. The predicted octanol–water partition coefficient (Wildman–Crippen LogP) is 5.56. The average Bonchev–Trinajstić information content (AvgIpc) is 3.39. The van der Waals surface area contributed by atoms with Gasteiger partial charge in [0.1, 0.15) is 11.4 Å². The number of benzene rings is 1. The second-order valence-electron chi connectivity index (χ2n) is 11.4. The van der Waals surface area contributed by atoms with E-state index in [1.807, 2.05) is 11.9 Å². The molecule has 2 aromatic rings. The summed E-state index contributed by atoms with van der Waals surface area (Å²) in [7, 11) is 3.59. The first-order valence-corrected chi connectivity index (χ1v) is 14.5. The number of halogens is 1. The summed E-state index contributed by atoms with van der Waals surface area (Å²) in [5, 5.41) is 19.5. The number of carbonyl (C=O) groups excluding carboxylic acids is 1. The van der Waals surface area contributed by atoms with Crippen molar-refractivity contribution in [3.8, 4) is 0 Å². The Morgan fingerprint density at radius 1 is 1.24 bits per heavy atom. The third-order valence-electron chi connectivity index (χ3n) is 8.64. The lowest BCUT2D eigenvalue weighted by Crippen LogP contribution is -2.54. The van der Waals surface area contributed by atoms with Crippen molar-refractivity contribution in [3.63, 3.8) is 0 Å². The topological polar surface area (TPSA) is 87.0 Å². The summed E-state index contributed by atoms with van der Waals surface area (Å²) in [5.41, 5.74) is -0.325. The zero-order valence-electron chi connectivity index (χ0n) is 23.1. The number of fused-ring (bicyclic) bond motifs is 1. The zero-order chi connectivity index (χ0) is 27.0. The van der Waals surface area contributed by atoms with Gasteiger partial charge in [-0.3, -0.25) is 0 Å². The van der Waals surface area contributed by atoms with Gasteiger partial charge in [0, 0.05) is 56.3 Å². The van der Waals surface area contributed by atoms with Crippen LogP contribution < -0.4 is 10.6 Å². The molecule has 3 N–H and O–H groups in total. The first-order valence-electron chi connectivity index (χ1n) is 14.5. The average molecular weight is 532 g/mol. The van der Waals surface area contributed by atoms with Gasteiger partial charge in [-0.2, -0.15) is 0 Å². The second kappa shape index (κ2) is 13.8. The van der Waals surface area contributed by atoms with Crippen LogP contribution in [-0.2, 0) is 10.3 Å². The van der Waals surface area contributed by atoms with Crippen LogP contribution in [0.2, 0.25) is 0 Å². The molecule has 2 fully saturated rings. The third kappa shape index (κ3) is 7.07. The number of unbranched alkanes of at least 4 members (excludes halogenated alkanes) is 1. The van der Waals surface area contributed by atoms with Crippen molar-refractivity contribution < 1.29 is 23.4 Å². The molecule has 2 heterocycles. The van der Waals surface area contributed by atoms with E-state index < -0.39 is 11.4 Å². The zero-order valence-corrected chi connectivity index (χ0v) is 23.1. The van der Waals surface area contributed by atoms with Crippen LogP contribution in [0.3, 0.4) is 0 Å². The molecule has 3 unspecified atom stereocenters. The molecule has 1 aromatic carbocycles. The summed E-state index contributed by atoms with van der Waals surface area (Å²) in [6.07, 6.45) is 12.4. The predicted molar refractivity (Wildman–Crippen MR) is 148 cm³/mol. The largest absolute Gasteiger partial charge is 0.464 e. The van der Waals surface area contributed by atoms with E-state index in [4.69, 9.17) is 9.15 Å². The third-order valence-corrected chi connectivity index (χ3v) is 8.64. The molecule has 2 amide bonds. The van der Waals surface area contributed by atoms with E-state index in [-0.39, 0.29) is 18.0 Å². The molecule has 212 valence electrons. The van der Waals surface area contributed by atoms with Crippen molar-refractivity contribution in [2.75, 3.05) is 40.4 Å². The number of hydrogen-bond donors (Lipinski definition) is 3. The number of ether oxygens (including phenoxy) is 1. The summed E-state index contributed by atoms with van der Waals surface area (Å²) in [6, 6.07) is 4.57. The highest BCUT2D eigenvalue weighted by atomic mass is 19.1. The van der Waals surface area contributed by atoms with Gasteiger partial charge >= 0.3 is 6.03 Å². The van der Waals surface area contributed by atoms with Crippen LogP contribution in [0.5, 0.6) is 0 Å². The molecule has 0 radical (unpaired) electrons. The van der Waals surface area contributed by atoms with Crippen molar-refractivity contribution in [3.05, 3.63) is 35.8 Å². The standard InChI is InChI=1S/C30H46FN3O4/c1-32-20-26(17-22-9-4-3-5-10-22)33-29(35)34-14-8-11-24(21-34)30(36,13-6-7-15-37-2)27-19-25(31)18-23-12-16-38-28(23)27/h12,16,18-19,22,24,26,32,36H,3-11,13-15,17,20-21H2,1-2H3,(H,33,35). The Bertz CT molecular complexity index is 1020. The fourth-order valence-corrected chi connectivity index (χ4v) is 6.65. The van der Waals surface area contributed by atoms with Crippen molar-refractivity contribution in [1.29, 1.82) is 0 Å². The number of aliphatic hydroxyl groups is 1. The van der Waals surface area contributed by atoms with Crippen LogP contribution in [0.4, 0.5) is 9.18 Å². The number of hydrogen-bond acceptors (Lipinski definition) is 5. The fraction of sp³-hybridized carbons (Fsp3) is 0.700. The van der Waals surface area contributed by atoms with E-state index in [1.54, 1.807) is 13.2 Å². The van der Waals surface area contributed by atoms with Gasteiger partial charge in [0.25, 0.3) is 0 Å². The monoisotopic (exact) mass is 531 g/mol. The van der Waals surface area contributed by atoms with Gasteiger partial charge in [-0.1, -0.05) is 32.1 Å². The van der Waals surface area contributed by atoms with Gasteiger partial charge in [0.05, 0.1) is 11.9 Å². The Morgan fingerprint density at radius 3 is 2.82 bits per heavy atom. The SMILES string of the molecule is CNCC(CC1CCCCC1)NC(=O)N1CCCC(C(O)(CCCCOC)c2cc(F)cc3ccoc23)C1. The molecule has 1 saturated carbocycles. The molecule has 7 nitrogen and oxygen atoms in total. The molecule has 1 aromatic heterocycles. The van der Waals surface area contributed by atoms with Crippen LogP contribution >= 0.6 is 0 Å². The maximum Gasteiger partial charge on any atom is 0.317 e. The first-order chi connectivity index (χ1) is 18.4. The fourth-order valence-electron chi connectivity index (χ4n) is 6.65. The normalized spacial score (nSPS) is 21.4. The van der Waals surface area contributed by atoms with Gasteiger partial charge in [-0.15, -0.1) is 0 Å². The lowest BCUT2D eigenvalue weighted by molar-refractivity contribution is -0.0560. The Labute approximate surface area is 226 Å². The van der Waals surface area contributed by atoms with Gasteiger partial charge in [0.15, 0.2) is 0 Å². The smallest absolute Gasteiger partial charge is 0.317 e. The molecule has 1 aliphatic heterocycles. The Balaban J connectivity index is 1.51. The number of rotatable bonds is 12. The molecule has 2 aliphatic rings. The Kier molecular flexibility index (Phi) is 10.4. The highest BCUT2D eigenvalue weighted by Crippen LogP contribution is 2.43. The number of urea groups is 1. The van der Waals surface area contributed by atoms with Crippen LogP contribution in [0.15, 0.2) is 28.9 Å². The summed E-state index contributed by atoms with van der Waals surface area (Å²) in [5.74, 6) is 0.0327. The maximum absolute atomic E-state index is 14.7. The minimum Gasteiger partial charge on any atom is -0.464 e. The number of nitrogens with one attached hydrogen (secondary N) is 2. The minimum absolute atomic E-state index is 0.0742. The molecule has 1 aliphatic carbocycles. The number of methoxy groups -OCH3 is 1. The van der Waals surface area contributed by atoms with Gasteiger partial charge in [0.2, 0.25) is 0 Å². The van der Waals surface area contributed by atoms with Crippen molar-refractivity contribution >= 4 is 17.0 Å². The van der Waals surface area contributed by atoms with E-state index in [1.165, 1.54) is 50.5 Å². The Morgan fingerprint density at radius 2 is 2.05 bits per heavy atom. The van der Waals surface area contributed by atoms with Crippen LogP contribution in [-0.4, -0.2) is 62.5 Å². The number of nitrogens with zero attached hydrogens (tertiary/aromatic N) is 1. The molecule has 1 saturated heterocycles. The van der Waals surface area contributed by atoms with Crippen LogP contribution in [0.25, 0.3) is 11.0 Å². The van der Waals surface area contributed by atoms with E-state index in [0.29, 0.717) is 48.6 Å². The number of likely N-dealkylation sites (N-methyl/N-ethyl adjacent to an activating group) is 1. The van der Waals surface area contributed by atoms with Crippen molar-refractivity contribution in [1.82, 2.24) is 15.5 Å². The summed E-state index contributed by atoms with van der Waals surface area (Å²) in [6.45, 7) is 2.41. The van der Waals surface area contributed by atoms with Crippen LogP contribution in [0, 0.1) is 17.7 Å². The number of carbonyl (C=O) groups is 1. The molecule has 38 heavy (non-hydrogen) atoms. The molecule has 0 bridgehead atoms. The number of likely N-dealkylation sites (tertiary alicyclic amines) is 1. The number of furan rings is 1. The highest BCUT2D eigenvalue weighted by molar-refractivity contribution is 5.81. The number of amides is 2. The summed E-state index contributed by atoms with van der Waals surface area (Å²) in [4.78, 5) is 15.3. The molecule has 0 spiro atoms. The highest BCUT2D eigenvalue weighted by Gasteiger charge is 2.43. The van der Waals surface area contributed by atoms with Gasteiger partial charge in [-0.05, 0) is 69.7 Å². The van der Waals surface area contributed by atoms with Crippen LogP contribution in [0.1, 0.15) is 76.2 Å². The molecule has 4 rings (SSSR count). The summed E-state index contributed by atoms with van der Waals surface area (Å²) >= 11 is 0. The molecular formula is C30H46FN3O4. The van der Waals surface area contributed by atoms with Gasteiger partial charge < -0.3 is 29.8 Å². The van der Waals surface area contributed by atoms with E-state index in [0.717, 1.165) is 38.6 Å². The Hall–Kier alpha value is -2.16. The van der Waals surface area contributed by atoms with Crippen molar-refractivity contribution in [2.45, 2.75) is 82.3 Å². The minimum atomic E-state index is -1.32. The lowest BCUT2D eigenvalue weighted by Gasteiger charge is -2.43. The summed E-state index contributed by atoms with van der Waals surface area (Å²) < 4.78 is 25.6. The maximum atomic E-state index is 14.7. The lowest BCUT2D eigenvalue weighted by atomic mass is 9.73. The molecule has 3 atom stereocenters. The van der Waals surface area contributed by atoms with E-state index in [2.05, 4.69) is 10.6 Å².